The van der Waals surface area contributed by atoms with E-state index in [4.69, 9.17) is 0 Å². The van der Waals surface area contributed by atoms with Gasteiger partial charge in [0.2, 0.25) is 11.8 Å². The summed E-state index contributed by atoms with van der Waals surface area (Å²) in [6, 6.07) is -0.385. The molecule has 2 fully saturated rings. The molecule has 1 saturated carbocycles. The zero-order valence-electron chi connectivity index (χ0n) is 10.8. The Hall–Kier alpha value is -1.92. The van der Waals surface area contributed by atoms with Crippen molar-refractivity contribution in [3.05, 3.63) is 5.69 Å². The van der Waals surface area contributed by atoms with Gasteiger partial charge in [-0.1, -0.05) is 5.16 Å². The van der Waals surface area contributed by atoms with E-state index >= 15 is 0 Å². The predicted octanol–water partition coefficient (Wildman–Crippen LogP) is 0.718. The number of carbonyl (C=O) groups is 2. The molecule has 2 amide bonds. The van der Waals surface area contributed by atoms with Crippen LogP contribution in [0.15, 0.2) is 4.63 Å². The Kier molecular flexibility index (Phi) is 2.96. The Morgan fingerprint density at radius 2 is 2.11 bits per heavy atom. The molecule has 0 bridgehead atoms. The molecule has 19 heavy (non-hydrogen) atoms. The number of hydrogen-bond acceptors (Lipinski definition) is 5. The minimum atomic E-state index is -0.385. The van der Waals surface area contributed by atoms with Gasteiger partial charge in [0.05, 0.1) is 0 Å². The SMILES string of the molecule is Cc1nonc1NC(=O)C1CCCN1C(=O)C1CC1. The smallest absolute Gasteiger partial charge is 0.248 e. The molecule has 1 aromatic rings. The molecular weight excluding hydrogens is 248 g/mol. The Bertz CT molecular complexity index is 509. The van der Waals surface area contributed by atoms with E-state index in [0.29, 0.717) is 24.5 Å². The normalized spacial score (nSPS) is 22.6. The van der Waals surface area contributed by atoms with Crippen LogP contribution in [0.2, 0.25) is 0 Å². The number of likely N-dealkylation sites (tertiary alicyclic amines) is 1. The standard InChI is InChI=1S/C12H16N4O3/c1-7-10(15-19-14-7)13-11(17)9-3-2-6-16(9)12(18)8-4-5-8/h8-9H,2-6H2,1H3,(H,13,15,17). The van der Waals surface area contributed by atoms with Crippen LogP contribution in [0.25, 0.3) is 0 Å². The first kappa shape index (κ1) is 12.1. The van der Waals surface area contributed by atoms with Gasteiger partial charge in [-0.15, -0.1) is 0 Å². The molecule has 1 atom stereocenters. The molecule has 102 valence electrons. The molecule has 0 radical (unpaired) electrons. The molecule has 1 N–H and O–H groups in total. The van der Waals surface area contributed by atoms with E-state index < -0.39 is 0 Å². The van der Waals surface area contributed by atoms with Crippen molar-refractivity contribution >= 4 is 17.6 Å². The Morgan fingerprint density at radius 1 is 1.32 bits per heavy atom. The van der Waals surface area contributed by atoms with Gasteiger partial charge in [0.1, 0.15) is 11.7 Å². The lowest BCUT2D eigenvalue weighted by molar-refractivity contribution is -0.137. The zero-order chi connectivity index (χ0) is 13.4. The number of rotatable bonds is 3. The summed E-state index contributed by atoms with van der Waals surface area (Å²) in [5.74, 6) is 0.387. The fourth-order valence-corrected chi connectivity index (χ4v) is 2.41. The van der Waals surface area contributed by atoms with Crippen LogP contribution in [0, 0.1) is 12.8 Å². The summed E-state index contributed by atoms with van der Waals surface area (Å²) < 4.78 is 4.54. The fourth-order valence-electron chi connectivity index (χ4n) is 2.41. The van der Waals surface area contributed by atoms with E-state index in [1.807, 2.05) is 0 Å². The maximum Gasteiger partial charge on any atom is 0.248 e. The van der Waals surface area contributed by atoms with Crippen molar-refractivity contribution in [2.45, 2.75) is 38.6 Å². The fraction of sp³-hybridized carbons (Fsp3) is 0.667. The summed E-state index contributed by atoms with van der Waals surface area (Å²) >= 11 is 0. The maximum atomic E-state index is 12.2. The number of nitrogens with zero attached hydrogens (tertiary/aromatic N) is 3. The van der Waals surface area contributed by atoms with Crippen LogP contribution in [-0.2, 0) is 9.59 Å². The van der Waals surface area contributed by atoms with Gasteiger partial charge >= 0.3 is 0 Å². The van der Waals surface area contributed by atoms with Gasteiger partial charge in [0.15, 0.2) is 5.82 Å². The van der Waals surface area contributed by atoms with E-state index in [1.54, 1.807) is 11.8 Å². The highest BCUT2D eigenvalue weighted by Crippen LogP contribution is 2.33. The Morgan fingerprint density at radius 3 is 2.74 bits per heavy atom. The highest BCUT2D eigenvalue weighted by atomic mass is 16.6. The Labute approximate surface area is 110 Å². The van der Waals surface area contributed by atoms with Crippen LogP contribution >= 0.6 is 0 Å². The van der Waals surface area contributed by atoms with Crippen molar-refractivity contribution in [1.82, 2.24) is 15.2 Å². The second-order valence-corrected chi connectivity index (χ2v) is 5.15. The molecule has 1 saturated heterocycles. The molecule has 2 aliphatic rings. The number of hydrogen-bond donors (Lipinski definition) is 1. The van der Waals surface area contributed by atoms with Gasteiger partial charge in [-0.05, 0) is 37.8 Å². The molecule has 1 aromatic heterocycles. The third-order valence-corrected chi connectivity index (χ3v) is 3.66. The molecule has 0 spiro atoms. The van der Waals surface area contributed by atoms with E-state index in [9.17, 15) is 9.59 Å². The average molecular weight is 264 g/mol. The molecule has 1 unspecified atom stereocenters. The number of nitrogens with one attached hydrogen (secondary N) is 1. The van der Waals surface area contributed by atoms with Crippen LogP contribution < -0.4 is 5.32 Å². The summed E-state index contributed by atoms with van der Waals surface area (Å²) in [4.78, 5) is 26.0. The lowest BCUT2D eigenvalue weighted by Gasteiger charge is -2.23. The van der Waals surface area contributed by atoms with Crippen LogP contribution in [0.5, 0.6) is 0 Å². The molecule has 7 nitrogen and oxygen atoms in total. The summed E-state index contributed by atoms with van der Waals surface area (Å²) in [5, 5.41) is 9.91. The van der Waals surface area contributed by atoms with Crippen molar-refractivity contribution in [1.29, 1.82) is 0 Å². The summed E-state index contributed by atoms with van der Waals surface area (Å²) in [6.45, 7) is 2.37. The molecule has 2 heterocycles. The van der Waals surface area contributed by atoms with Gasteiger partial charge in [0, 0.05) is 12.5 Å². The van der Waals surface area contributed by atoms with Crippen LogP contribution in [0.3, 0.4) is 0 Å². The average Bonchev–Trinajstić information content (AvgIpc) is 2.99. The minimum absolute atomic E-state index is 0.118. The zero-order valence-corrected chi connectivity index (χ0v) is 10.8. The van der Waals surface area contributed by atoms with E-state index in [1.165, 1.54) is 0 Å². The molecule has 7 heteroatoms. The quantitative estimate of drug-likeness (QED) is 0.868. The molecule has 0 aromatic carbocycles. The van der Waals surface area contributed by atoms with Crippen molar-refractivity contribution in [2.75, 3.05) is 11.9 Å². The first-order valence-corrected chi connectivity index (χ1v) is 6.57. The lowest BCUT2D eigenvalue weighted by Crippen LogP contribution is -2.43. The highest BCUT2D eigenvalue weighted by molar-refractivity contribution is 5.97. The van der Waals surface area contributed by atoms with Crippen molar-refractivity contribution < 1.29 is 14.2 Å². The van der Waals surface area contributed by atoms with Crippen molar-refractivity contribution in [2.24, 2.45) is 5.92 Å². The van der Waals surface area contributed by atoms with E-state index in [-0.39, 0.29) is 23.8 Å². The van der Waals surface area contributed by atoms with Gasteiger partial charge in [0.25, 0.3) is 0 Å². The van der Waals surface area contributed by atoms with Crippen LogP contribution in [0.1, 0.15) is 31.4 Å². The van der Waals surface area contributed by atoms with Crippen molar-refractivity contribution in [3.63, 3.8) is 0 Å². The summed E-state index contributed by atoms with van der Waals surface area (Å²) in [5.41, 5.74) is 0.534. The molecule has 1 aliphatic heterocycles. The number of carbonyl (C=O) groups excluding carboxylic acids is 2. The number of amides is 2. The second-order valence-electron chi connectivity index (χ2n) is 5.15. The first-order valence-electron chi connectivity index (χ1n) is 6.57. The predicted molar refractivity (Wildman–Crippen MR) is 65.1 cm³/mol. The second kappa shape index (κ2) is 4.64. The first-order chi connectivity index (χ1) is 9.16. The van der Waals surface area contributed by atoms with Crippen molar-refractivity contribution in [3.8, 4) is 0 Å². The minimum Gasteiger partial charge on any atom is -0.330 e. The summed E-state index contributed by atoms with van der Waals surface area (Å²) in [6.07, 6.45) is 3.48. The number of anilines is 1. The van der Waals surface area contributed by atoms with Crippen LogP contribution in [-0.4, -0.2) is 39.6 Å². The summed E-state index contributed by atoms with van der Waals surface area (Å²) in [7, 11) is 0. The van der Waals surface area contributed by atoms with Gasteiger partial charge < -0.3 is 10.2 Å². The molecule has 1 aliphatic carbocycles. The topological polar surface area (TPSA) is 88.3 Å². The molecule has 3 rings (SSSR count). The lowest BCUT2D eigenvalue weighted by atomic mass is 10.2. The van der Waals surface area contributed by atoms with Gasteiger partial charge in [-0.3, -0.25) is 9.59 Å². The van der Waals surface area contributed by atoms with Crippen LogP contribution in [0.4, 0.5) is 5.82 Å². The Balaban J connectivity index is 1.68. The van der Waals surface area contributed by atoms with Gasteiger partial charge in [-0.2, -0.15) is 0 Å². The maximum absolute atomic E-state index is 12.2. The number of aryl methyl sites for hydroxylation is 1. The third kappa shape index (κ3) is 2.32. The van der Waals surface area contributed by atoms with E-state index in [0.717, 1.165) is 19.3 Å². The largest absolute Gasteiger partial charge is 0.330 e. The van der Waals surface area contributed by atoms with Gasteiger partial charge in [-0.25, -0.2) is 4.63 Å². The monoisotopic (exact) mass is 264 g/mol. The third-order valence-electron chi connectivity index (χ3n) is 3.66. The highest BCUT2D eigenvalue weighted by Gasteiger charge is 2.41. The number of aromatic nitrogens is 2. The molecular formula is C12H16N4O3. The van der Waals surface area contributed by atoms with E-state index in [2.05, 4.69) is 20.3 Å².